The van der Waals surface area contributed by atoms with E-state index in [1.54, 1.807) is 0 Å². The molecule has 32 heavy (non-hydrogen) atoms. The van der Waals surface area contributed by atoms with Gasteiger partial charge in [-0.2, -0.15) is 47.0 Å². The molecule has 0 saturated carbocycles. The monoisotopic (exact) mass is 580 g/mol. The molecule has 0 atom stereocenters. The van der Waals surface area contributed by atoms with Gasteiger partial charge in [-0.3, -0.25) is 0 Å². The van der Waals surface area contributed by atoms with E-state index in [-0.39, 0.29) is 0 Å². The number of hydrogen-bond donors (Lipinski definition) is 0. The van der Waals surface area contributed by atoms with Crippen molar-refractivity contribution in [2.75, 3.05) is 69.0 Å². The van der Waals surface area contributed by atoms with Gasteiger partial charge in [-0.05, 0) is 24.3 Å². The summed E-state index contributed by atoms with van der Waals surface area (Å²) < 4.78 is 0. The molecule has 0 radical (unpaired) electrons. The Bertz CT molecular complexity index is 610. The third kappa shape index (κ3) is 12.6. The van der Waals surface area contributed by atoms with Crippen molar-refractivity contribution >= 4 is 94.1 Å². The van der Waals surface area contributed by atoms with Crippen molar-refractivity contribution in [2.45, 2.75) is 20.1 Å². The van der Waals surface area contributed by atoms with Gasteiger partial charge >= 0.3 is 0 Å². The molecule has 2 aromatic rings. The van der Waals surface area contributed by atoms with E-state index in [1.165, 1.54) is 23.0 Å². The van der Waals surface area contributed by atoms with Crippen LogP contribution in [0, 0.1) is 0 Å². The lowest BCUT2D eigenvalue weighted by atomic mass is 10.6. The first kappa shape index (κ1) is 27.5. The highest BCUT2D eigenvalue weighted by atomic mass is 32.2. The van der Waals surface area contributed by atoms with E-state index in [2.05, 4.69) is 44.7 Å². The van der Waals surface area contributed by atoms with Gasteiger partial charge in [-0.1, -0.05) is 0 Å². The van der Waals surface area contributed by atoms with Gasteiger partial charge < -0.3 is 0 Å². The minimum Gasteiger partial charge on any atom is -0.160 e. The zero-order chi connectivity index (χ0) is 22.1. The maximum Gasteiger partial charge on any atom is 0.119 e. The number of nitrogens with zero attached hydrogens (tertiary/aromatic N) is 4. The molecule has 0 fully saturated rings. The van der Waals surface area contributed by atoms with Crippen molar-refractivity contribution < 1.29 is 0 Å². The summed E-state index contributed by atoms with van der Waals surface area (Å²) in [5, 5.41) is 21.7. The summed E-state index contributed by atoms with van der Waals surface area (Å²) in [5.41, 5.74) is 0. The van der Waals surface area contributed by atoms with Crippen LogP contribution in [0.25, 0.3) is 0 Å². The Kier molecular flexibility index (Phi) is 15.7. The summed E-state index contributed by atoms with van der Waals surface area (Å²) in [4.78, 5) is 0. The molecule has 0 unspecified atom stereocenters. The Morgan fingerprint density at radius 1 is 0.344 bits per heavy atom. The van der Waals surface area contributed by atoms with Crippen LogP contribution in [0.4, 0.5) is 0 Å². The lowest BCUT2D eigenvalue weighted by Gasteiger charge is -2.05. The Labute approximate surface area is 226 Å². The van der Waals surface area contributed by atoms with Gasteiger partial charge in [0.05, 0.1) is 0 Å². The van der Waals surface area contributed by atoms with Crippen LogP contribution in [-0.4, -0.2) is 89.4 Å². The molecular weight excluding hydrogens is 553 g/mol. The summed E-state index contributed by atoms with van der Waals surface area (Å²) in [6, 6.07) is 8.47. The molecule has 0 amide bonds. The Morgan fingerprint density at radius 3 is 0.781 bits per heavy atom. The zero-order valence-corrected chi connectivity index (χ0v) is 24.4. The molecule has 4 aliphatic heterocycles. The second kappa shape index (κ2) is 18.3. The fraction of sp³-hybridized carbons (Fsp3) is 0.600. The van der Waals surface area contributed by atoms with E-state index in [0.717, 1.165) is 66.1 Å². The normalized spacial score (nSPS) is 19.2. The quantitative estimate of drug-likeness (QED) is 0.352. The first-order valence-corrected chi connectivity index (χ1v) is 19.0. The number of thioether (sulfide) groups is 8. The molecule has 0 saturated heterocycles. The van der Waals surface area contributed by atoms with Crippen LogP contribution < -0.4 is 0 Å². The van der Waals surface area contributed by atoms with Gasteiger partial charge in [0.2, 0.25) is 0 Å². The lowest BCUT2D eigenvalue weighted by Crippen LogP contribution is -1.96. The van der Waals surface area contributed by atoms with E-state index < -0.39 is 0 Å². The summed E-state index contributed by atoms with van der Waals surface area (Å²) in [7, 11) is 0. The van der Waals surface area contributed by atoms with Crippen LogP contribution in [0.15, 0.2) is 44.4 Å². The van der Waals surface area contributed by atoms with Crippen LogP contribution in [0.2, 0.25) is 0 Å². The molecule has 12 heteroatoms. The predicted molar refractivity (Wildman–Crippen MR) is 156 cm³/mol. The molecule has 4 aliphatic rings. The largest absolute Gasteiger partial charge is 0.160 e. The topological polar surface area (TPSA) is 51.6 Å². The number of rotatable bonds is 0. The molecule has 4 bridgehead atoms. The smallest absolute Gasteiger partial charge is 0.119 e. The van der Waals surface area contributed by atoms with Crippen molar-refractivity contribution in [3.63, 3.8) is 0 Å². The van der Waals surface area contributed by atoms with Crippen LogP contribution in [0.1, 0.15) is 0 Å². The second-order valence-corrected chi connectivity index (χ2v) is 15.6. The highest BCUT2D eigenvalue weighted by Crippen LogP contribution is 2.23. The SMILES string of the molecule is c1cc2nnc1SCCSCCSCCSc1ccc(nn1)SCCSCCSCCS2. The van der Waals surface area contributed by atoms with E-state index in [0.29, 0.717) is 0 Å². The van der Waals surface area contributed by atoms with Crippen molar-refractivity contribution in [3.8, 4) is 0 Å². The van der Waals surface area contributed by atoms with E-state index >= 15 is 0 Å². The molecule has 2 aromatic heterocycles. The summed E-state index contributed by atoms with van der Waals surface area (Å²) in [5.74, 6) is 13.8. The van der Waals surface area contributed by atoms with E-state index in [1.807, 2.05) is 94.1 Å². The summed E-state index contributed by atoms with van der Waals surface area (Å²) in [6.45, 7) is 0. The average molecular weight is 581 g/mol. The van der Waals surface area contributed by atoms with Gasteiger partial charge in [0.25, 0.3) is 0 Å². The van der Waals surface area contributed by atoms with E-state index in [4.69, 9.17) is 0 Å². The Hall–Kier alpha value is 0.960. The third-order valence-corrected chi connectivity index (χ3v) is 13.1. The molecule has 0 aliphatic carbocycles. The highest BCUT2D eigenvalue weighted by Gasteiger charge is 2.03. The van der Waals surface area contributed by atoms with Crippen molar-refractivity contribution in [2.24, 2.45) is 0 Å². The minimum atomic E-state index is 1.04. The van der Waals surface area contributed by atoms with Crippen LogP contribution in [0.5, 0.6) is 0 Å². The van der Waals surface area contributed by atoms with Crippen molar-refractivity contribution in [1.82, 2.24) is 20.4 Å². The Balaban J connectivity index is 1.39. The van der Waals surface area contributed by atoms with Gasteiger partial charge in [0, 0.05) is 69.0 Å². The number of aromatic nitrogens is 4. The molecular formula is C20H28N4S8. The van der Waals surface area contributed by atoms with Crippen LogP contribution >= 0.6 is 94.1 Å². The summed E-state index contributed by atoms with van der Waals surface area (Å²) in [6.07, 6.45) is 0. The Morgan fingerprint density at radius 2 is 0.562 bits per heavy atom. The number of hydrogen-bond acceptors (Lipinski definition) is 12. The molecule has 6 heterocycles. The minimum absolute atomic E-state index is 1.04. The standard InChI is InChI=1S/C20H28N4S8/c1-2-18-22-21-17(1)29-13-9-25-5-6-27-11-15-31-19-3-4-20(24-23-19)32-16-12-28-8-7-26-10-14-30-18/h1-4H,5-16H2. The van der Waals surface area contributed by atoms with E-state index in [9.17, 15) is 0 Å². The summed E-state index contributed by atoms with van der Waals surface area (Å²) >= 11 is 15.4. The van der Waals surface area contributed by atoms with Crippen LogP contribution in [0.3, 0.4) is 0 Å². The first-order valence-electron chi connectivity index (χ1n) is 10.4. The molecule has 6 rings (SSSR count). The lowest BCUT2D eigenvalue weighted by molar-refractivity contribution is 0.855. The third-order valence-electron chi connectivity index (χ3n) is 3.89. The molecule has 4 nitrogen and oxygen atoms in total. The fourth-order valence-electron chi connectivity index (χ4n) is 2.39. The molecule has 0 N–H and O–H groups in total. The second-order valence-electron chi connectivity index (χ2n) is 6.26. The molecule has 0 aromatic carbocycles. The molecule has 176 valence electrons. The predicted octanol–water partition coefficient (Wildman–Crippen LogP) is 6.28. The first-order chi connectivity index (χ1) is 15.9. The highest BCUT2D eigenvalue weighted by molar-refractivity contribution is 8.06. The van der Waals surface area contributed by atoms with Crippen LogP contribution in [-0.2, 0) is 0 Å². The van der Waals surface area contributed by atoms with Crippen molar-refractivity contribution in [3.05, 3.63) is 24.3 Å². The maximum absolute atomic E-state index is 4.38. The van der Waals surface area contributed by atoms with Gasteiger partial charge in [-0.25, -0.2) is 0 Å². The maximum atomic E-state index is 4.38. The molecule has 0 spiro atoms. The van der Waals surface area contributed by atoms with Crippen molar-refractivity contribution in [1.29, 1.82) is 0 Å². The fourth-order valence-corrected chi connectivity index (χ4v) is 10.2. The van der Waals surface area contributed by atoms with Gasteiger partial charge in [0.1, 0.15) is 20.1 Å². The van der Waals surface area contributed by atoms with Gasteiger partial charge in [0.15, 0.2) is 0 Å². The average Bonchev–Trinajstić information content (AvgIpc) is 2.82. The zero-order valence-electron chi connectivity index (χ0n) is 17.8. The van der Waals surface area contributed by atoms with Gasteiger partial charge in [-0.15, -0.1) is 67.4 Å².